The highest BCUT2D eigenvalue weighted by atomic mass is 15.1. The number of rotatable bonds is 2. The monoisotopic (exact) mass is 251 g/mol. The van der Waals surface area contributed by atoms with Crippen LogP contribution in [0.5, 0.6) is 0 Å². The third-order valence-corrected chi connectivity index (χ3v) is 3.97. The summed E-state index contributed by atoms with van der Waals surface area (Å²) < 4.78 is 0. The molecule has 0 spiro atoms. The van der Waals surface area contributed by atoms with E-state index < -0.39 is 0 Å². The summed E-state index contributed by atoms with van der Waals surface area (Å²) in [6.45, 7) is 2.22. The number of anilines is 1. The van der Waals surface area contributed by atoms with Crippen molar-refractivity contribution in [1.29, 1.82) is 5.26 Å². The van der Waals surface area contributed by atoms with Gasteiger partial charge in [0.25, 0.3) is 0 Å². The van der Waals surface area contributed by atoms with Gasteiger partial charge in [-0.1, -0.05) is 31.0 Å². The van der Waals surface area contributed by atoms with Crippen LogP contribution in [0, 0.1) is 11.3 Å². The lowest BCUT2D eigenvalue weighted by Gasteiger charge is -2.26. The molecule has 1 aliphatic rings. The zero-order valence-electron chi connectivity index (χ0n) is 11.1. The standard InChI is InChI=1S/C16H17N3/c1-16(8-4-5-9-16)19-15-13(11-17)10-12-6-2-3-7-14(12)18-15/h2-3,6-7,10H,4-5,8-9H2,1H3,(H,18,19). The molecule has 0 saturated heterocycles. The van der Waals surface area contributed by atoms with E-state index in [1.54, 1.807) is 0 Å². The maximum atomic E-state index is 9.31. The minimum absolute atomic E-state index is 0.0844. The first kappa shape index (κ1) is 12.0. The zero-order chi connectivity index (χ0) is 13.3. The second-order valence-corrected chi connectivity index (χ2v) is 5.58. The highest BCUT2D eigenvalue weighted by Gasteiger charge is 2.29. The Hall–Kier alpha value is -2.08. The molecule has 1 fully saturated rings. The SMILES string of the molecule is CC1(Nc2nc3ccccc3cc2C#N)CCCC1. The van der Waals surface area contributed by atoms with E-state index in [2.05, 4.69) is 23.3 Å². The Labute approximate surface area is 113 Å². The van der Waals surface area contributed by atoms with Crippen LogP contribution in [0.25, 0.3) is 10.9 Å². The molecule has 3 nitrogen and oxygen atoms in total. The van der Waals surface area contributed by atoms with Crippen molar-refractivity contribution in [2.24, 2.45) is 0 Å². The number of hydrogen-bond donors (Lipinski definition) is 1. The molecule has 0 aliphatic heterocycles. The van der Waals surface area contributed by atoms with E-state index in [0.717, 1.165) is 29.6 Å². The fourth-order valence-electron chi connectivity index (χ4n) is 2.86. The summed E-state index contributed by atoms with van der Waals surface area (Å²) in [5.41, 5.74) is 1.65. The number of pyridine rings is 1. The van der Waals surface area contributed by atoms with Crippen molar-refractivity contribution in [1.82, 2.24) is 4.98 Å². The zero-order valence-corrected chi connectivity index (χ0v) is 11.1. The van der Waals surface area contributed by atoms with Crippen LogP contribution in [0.3, 0.4) is 0 Å². The summed E-state index contributed by atoms with van der Waals surface area (Å²) in [6, 6.07) is 12.1. The van der Waals surface area contributed by atoms with E-state index in [4.69, 9.17) is 0 Å². The Kier molecular flexibility index (Phi) is 2.87. The first-order valence-corrected chi connectivity index (χ1v) is 6.78. The molecule has 19 heavy (non-hydrogen) atoms. The van der Waals surface area contributed by atoms with Gasteiger partial charge in [-0.25, -0.2) is 4.98 Å². The van der Waals surface area contributed by atoms with Crippen LogP contribution in [-0.4, -0.2) is 10.5 Å². The predicted molar refractivity (Wildman–Crippen MR) is 77.0 cm³/mol. The number of para-hydroxylation sites is 1. The maximum Gasteiger partial charge on any atom is 0.145 e. The van der Waals surface area contributed by atoms with Gasteiger partial charge in [0.15, 0.2) is 0 Å². The molecular weight excluding hydrogens is 234 g/mol. The van der Waals surface area contributed by atoms with E-state index in [0.29, 0.717) is 5.56 Å². The Bertz CT molecular complexity index is 649. The Morgan fingerprint density at radius 3 is 2.74 bits per heavy atom. The van der Waals surface area contributed by atoms with E-state index in [9.17, 15) is 5.26 Å². The summed E-state index contributed by atoms with van der Waals surface area (Å²) in [7, 11) is 0. The van der Waals surface area contributed by atoms with Gasteiger partial charge < -0.3 is 5.32 Å². The quantitative estimate of drug-likeness (QED) is 0.881. The summed E-state index contributed by atoms with van der Waals surface area (Å²) in [4.78, 5) is 4.62. The first-order valence-electron chi connectivity index (χ1n) is 6.78. The predicted octanol–water partition coefficient (Wildman–Crippen LogP) is 3.85. The molecule has 2 aromatic rings. The Morgan fingerprint density at radius 2 is 2.00 bits per heavy atom. The van der Waals surface area contributed by atoms with E-state index in [-0.39, 0.29) is 5.54 Å². The van der Waals surface area contributed by atoms with Crippen molar-refractivity contribution in [3.8, 4) is 6.07 Å². The highest BCUT2D eigenvalue weighted by Crippen LogP contribution is 2.33. The first-order chi connectivity index (χ1) is 9.20. The summed E-state index contributed by atoms with van der Waals surface area (Å²) in [5.74, 6) is 0.727. The topological polar surface area (TPSA) is 48.7 Å². The summed E-state index contributed by atoms with van der Waals surface area (Å²) in [6.07, 6.45) is 4.79. The van der Waals surface area contributed by atoms with Crippen LogP contribution in [0.2, 0.25) is 0 Å². The highest BCUT2D eigenvalue weighted by molar-refractivity contribution is 5.82. The number of nitrogens with zero attached hydrogens (tertiary/aromatic N) is 2. The van der Waals surface area contributed by atoms with Crippen LogP contribution in [0.15, 0.2) is 30.3 Å². The Morgan fingerprint density at radius 1 is 1.26 bits per heavy atom. The smallest absolute Gasteiger partial charge is 0.145 e. The summed E-state index contributed by atoms with van der Waals surface area (Å²) in [5, 5.41) is 13.8. The number of nitrogens with one attached hydrogen (secondary N) is 1. The van der Waals surface area contributed by atoms with Crippen molar-refractivity contribution >= 4 is 16.7 Å². The van der Waals surface area contributed by atoms with Gasteiger partial charge >= 0.3 is 0 Å². The second kappa shape index (κ2) is 4.55. The average Bonchev–Trinajstić information content (AvgIpc) is 2.84. The van der Waals surface area contributed by atoms with Gasteiger partial charge in [0.05, 0.1) is 11.1 Å². The molecular formula is C16H17N3. The van der Waals surface area contributed by atoms with Gasteiger partial charge in [-0.3, -0.25) is 0 Å². The second-order valence-electron chi connectivity index (χ2n) is 5.58. The Balaban J connectivity index is 2.04. The molecule has 1 N–H and O–H groups in total. The number of nitriles is 1. The molecule has 96 valence electrons. The molecule has 1 aromatic heterocycles. The molecule has 0 radical (unpaired) electrons. The number of hydrogen-bond acceptors (Lipinski definition) is 3. The maximum absolute atomic E-state index is 9.31. The van der Waals surface area contributed by atoms with Gasteiger partial charge in [-0.15, -0.1) is 0 Å². The third-order valence-electron chi connectivity index (χ3n) is 3.97. The minimum Gasteiger partial charge on any atom is -0.364 e. The van der Waals surface area contributed by atoms with Crippen LogP contribution < -0.4 is 5.32 Å². The van der Waals surface area contributed by atoms with E-state index >= 15 is 0 Å². The molecule has 1 aliphatic carbocycles. The largest absolute Gasteiger partial charge is 0.364 e. The molecule has 3 heteroatoms. The fourth-order valence-corrected chi connectivity index (χ4v) is 2.86. The fraction of sp³-hybridized carbons (Fsp3) is 0.375. The molecule has 1 heterocycles. The third kappa shape index (κ3) is 2.26. The lowest BCUT2D eigenvalue weighted by molar-refractivity contribution is 0.531. The van der Waals surface area contributed by atoms with Gasteiger partial charge in [0.1, 0.15) is 11.9 Å². The number of aromatic nitrogens is 1. The number of fused-ring (bicyclic) bond motifs is 1. The van der Waals surface area contributed by atoms with Crippen molar-refractivity contribution < 1.29 is 0 Å². The van der Waals surface area contributed by atoms with Crippen LogP contribution in [-0.2, 0) is 0 Å². The van der Waals surface area contributed by atoms with E-state index in [1.165, 1.54) is 12.8 Å². The van der Waals surface area contributed by atoms with Gasteiger partial charge in [0.2, 0.25) is 0 Å². The molecule has 1 aromatic carbocycles. The molecule has 0 atom stereocenters. The van der Waals surface area contributed by atoms with Crippen LogP contribution in [0.4, 0.5) is 5.82 Å². The molecule has 0 unspecified atom stereocenters. The molecule has 0 bridgehead atoms. The van der Waals surface area contributed by atoms with E-state index in [1.807, 2.05) is 30.3 Å². The van der Waals surface area contributed by atoms with Crippen molar-refractivity contribution in [3.05, 3.63) is 35.9 Å². The average molecular weight is 251 g/mol. The molecule has 1 saturated carbocycles. The summed E-state index contributed by atoms with van der Waals surface area (Å²) >= 11 is 0. The van der Waals surface area contributed by atoms with Crippen molar-refractivity contribution in [3.63, 3.8) is 0 Å². The van der Waals surface area contributed by atoms with Crippen LogP contribution in [0.1, 0.15) is 38.2 Å². The minimum atomic E-state index is 0.0844. The lowest BCUT2D eigenvalue weighted by Crippen LogP contribution is -2.31. The molecule has 0 amide bonds. The number of benzene rings is 1. The van der Waals surface area contributed by atoms with Gasteiger partial charge in [-0.05, 0) is 31.9 Å². The van der Waals surface area contributed by atoms with Crippen LogP contribution >= 0.6 is 0 Å². The lowest BCUT2D eigenvalue weighted by atomic mass is 10.0. The van der Waals surface area contributed by atoms with Crippen molar-refractivity contribution in [2.45, 2.75) is 38.1 Å². The van der Waals surface area contributed by atoms with Gasteiger partial charge in [0, 0.05) is 10.9 Å². The molecule has 3 rings (SSSR count). The van der Waals surface area contributed by atoms with Gasteiger partial charge in [-0.2, -0.15) is 5.26 Å². The van der Waals surface area contributed by atoms with Crippen molar-refractivity contribution in [2.75, 3.05) is 5.32 Å². The normalized spacial score (nSPS) is 17.3.